The number of aromatic carboxylic acids is 1. The van der Waals surface area contributed by atoms with Crippen molar-refractivity contribution < 1.29 is 19.4 Å². The molecule has 4 nitrogen and oxygen atoms in total. The van der Waals surface area contributed by atoms with Gasteiger partial charge in [-0.2, -0.15) is 0 Å². The predicted octanol–water partition coefficient (Wildman–Crippen LogP) is 3.41. The van der Waals surface area contributed by atoms with E-state index in [0.29, 0.717) is 19.0 Å². The average Bonchev–Trinajstić information content (AvgIpc) is 2.52. The lowest BCUT2D eigenvalue weighted by molar-refractivity contribution is 0.0691. The number of aryl methyl sites for hydroxylation is 1. The van der Waals surface area contributed by atoms with Crippen molar-refractivity contribution in [1.29, 1.82) is 0 Å². The molecule has 0 fully saturated rings. The first kappa shape index (κ1) is 14.9. The summed E-state index contributed by atoms with van der Waals surface area (Å²) in [5, 5.41) is 9.06. The summed E-state index contributed by atoms with van der Waals surface area (Å²) in [7, 11) is 0. The van der Waals surface area contributed by atoms with Gasteiger partial charge in [-0.3, -0.25) is 0 Å². The molecule has 2 rings (SSSR count). The summed E-state index contributed by atoms with van der Waals surface area (Å²) in [6, 6.07) is 14.4. The third kappa shape index (κ3) is 3.99. The topological polar surface area (TPSA) is 55.8 Å². The van der Waals surface area contributed by atoms with Gasteiger partial charge in [0.1, 0.15) is 30.3 Å². The van der Waals surface area contributed by atoms with E-state index in [0.717, 1.165) is 17.7 Å². The molecule has 0 saturated carbocycles. The van der Waals surface area contributed by atoms with Crippen molar-refractivity contribution in [3.05, 3.63) is 59.7 Å². The molecule has 0 amide bonds. The number of carboxylic acids is 1. The van der Waals surface area contributed by atoms with E-state index in [4.69, 9.17) is 14.6 Å². The third-order valence-corrected chi connectivity index (χ3v) is 3.07. The molecule has 0 spiro atoms. The van der Waals surface area contributed by atoms with Crippen molar-refractivity contribution in [2.45, 2.75) is 13.3 Å². The lowest BCUT2D eigenvalue weighted by Gasteiger charge is -2.12. The summed E-state index contributed by atoms with van der Waals surface area (Å²) in [5.41, 5.74) is 1.30. The van der Waals surface area contributed by atoms with E-state index < -0.39 is 5.97 Å². The van der Waals surface area contributed by atoms with Gasteiger partial charge in [-0.15, -0.1) is 0 Å². The number of carbonyl (C=O) groups is 1. The number of carboxylic acid groups (broad SMARTS) is 1. The normalized spacial score (nSPS) is 10.1. The maximum Gasteiger partial charge on any atom is 0.339 e. The third-order valence-electron chi connectivity index (χ3n) is 3.07. The van der Waals surface area contributed by atoms with Crippen LogP contribution in [-0.4, -0.2) is 24.3 Å². The Bertz CT molecular complexity index is 607. The molecule has 21 heavy (non-hydrogen) atoms. The Morgan fingerprint density at radius 1 is 0.952 bits per heavy atom. The lowest BCUT2D eigenvalue weighted by atomic mass is 10.1. The molecule has 0 unspecified atom stereocenters. The van der Waals surface area contributed by atoms with E-state index in [1.165, 1.54) is 6.07 Å². The van der Waals surface area contributed by atoms with Gasteiger partial charge in [0.25, 0.3) is 0 Å². The molecule has 0 atom stereocenters. The number of rotatable bonds is 7. The van der Waals surface area contributed by atoms with Gasteiger partial charge in [0.05, 0.1) is 0 Å². The Kier molecular flexibility index (Phi) is 5.21. The fourth-order valence-corrected chi connectivity index (χ4v) is 2.01. The van der Waals surface area contributed by atoms with Crippen molar-refractivity contribution >= 4 is 5.97 Å². The van der Waals surface area contributed by atoms with Crippen molar-refractivity contribution in [3.8, 4) is 11.5 Å². The highest BCUT2D eigenvalue weighted by atomic mass is 16.5. The van der Waals surface area contributed by atoms with Crippen LogP contribution in [0.15, 0.2) is 48.5 Å². The zero-order valence-corrected chi connectivity index (χ0v) is 11.9. The second-order valence-corrected chi connectivity index (χ2v) is 4.46. The standard InChI is InChI=1S/C17H18O4/c1-2-13-7-3-5-9-15(13)20-11-12-21-16-10-6-4-8-14(16)17(18)19/h3-10H,2,11-12H2,1H3,(H,18,19). The van der Waals surface area contributed by atoms with Gasteiger partial charge in [0.2, 0.25) is 0 Å². The molecule has 4 heteroatoms. The fourth-order valence-electron chi connectivity index (χ4n) is 2.01. The summed E-state index contributed by atoms with van der Waals surface area (Å²) in [4.78, 5) is 11.0. The molecule has 0 saturated heterocycles. The minimum absolute atomic E-state index is 0.159. The van der Waals surface area contributed by atoms with Crippen LogP contribution in [-0.2, 0) is 6.42 Å². The lowest BCUT2D eigenvalue weighted by Crippen LogP contribution is -2.11. The second kappa shape index (κ2) is 7.33. The number of benzene rings is 2. The van der Waals surface area contributed by atoms with Crippen molar-refractivity contribution in [1.82, 2.24) is 0 Å². The molecule has 1 N–H and O–H groups in total. The van der Waals surface area contributed by atoms with Crippen LogP contribution in [0.2, 0.25) is 0 Å². The van der Waals surface area contributed by atoms with Crippen LogP contribution in [0.4, 0.5) is 0 Å². The van der Waals surface area contributed by atoms with Gasteiger partial charge < -0.3 is 14.6 Å². The van der Waals surface area contributed by atoms with Crippen LogP contribution in [0.25, 0.3) is 0 Å². The molecule has 0 radical (unpaired) electrons. The summed E-state index contributed by atoms with van der Waals surface area (Å²) in [6.45, 7) is 2.73. The molecular formula is C17H18O4. The second-order valence-electron chi connectivity index (χ2n) is 4.46. The fraction of sp³-hybridized carbons (Fsp3) is 0.235. The van der Waals surface area contributed by atoms with Gasteiger partial charge in [-0.1, -0.05) is 37.3 Å². The SMILES string of the molecule is CCc1ccccc1OCCOc1ccccc1C(=O)O. The van der Waals surface area contributed by atoms with Crippen LogP contribution < -0.4 is 9.47 Å². The number of hydrogen-bond acceptors (Lipinski definition) is 3. The molecular weight excluding hydrogens is 268 g/mol. The zero-order chi connectivity index (χ0) is 15.1. The van der Waals surface area contributed by atoms with Crippen LogP contribution in [0.3, 0.4) is 0 Å². The van der Waals surface area contributed by atoms with E-state index in [1.807, 2.05) is 24.3 Å². The van der Waals surface area contributed by atoms with Gasteiger partial charge in [-0.25, -0.2) is 4.79 Å². The maximum atomic E-state index is 11.0. The molecule has 2 aromatic carbocycles. The Morgan fingerprint density at radius 2 is 1.52 bits per heavy atom. The highest BCUT2D eigenvalue weighted by Crippen LogP contribution is 2.19. The highest BCUT2D eigenvalue weighted by Gasteiger charge is 2.09. The summed E-state index contributed by atoms with van der Waals surface area (Å²) < 4.78 is 11.2. The first-order valence-electron chi connectivity index (χ1n) is 6.88. The van der Waals surface area contributed by atoms with E-state index >= 15 is 0 Å². The average molecular weight is 286 g/mol. The summed E-state index contributed by atoms with van der Waals surface area (Å²) in [6.07, 6.45) is 0.902. The quantitative estimate of drug-likeness (QED) is 0.792. The van der Waals surface area contributed by atoms with E-state index in [1.54, 1.807) is 18.2 Å². The molecule has 0 aliphatic rings. The van der Waals surface area contributed by atoms with Gasteiger partial charge in [-0.05, 0) is 30.2 Å². The Balaban J connectivity index is 1.89. The monoisotopic (exact) mass is 286 g/mol. The van der Waals surface area contributed by atoms with Crippen LogP contribution in [0.5, 0.6) is 11.5 Å². The summed E-state index contributed by atoms with van der Waals surface area (Å²) in [5.74, 6) is 0.204. The first-order valence-corrected chi connectivity index (χ1v) is 6.88. The van der Waals surface area contributed by atoms with E-state index in [9.17, 15) is 4.79 Å². The van der Waals surface area contributed by atoms with Crippen molar-refractivity contribution in [2.24, 2.45) is 0 Å². The molecule has 110 valence electrons. The minimum atomic E-state index is -0.997. The molecule has 0 bridgehead atoms. The largest absolute Gasteiger partial charge is 0.490 e. The molecule has 0 aliphatic carbocycles. The smallest absolute Gasteiger partial charge is 0.339 e. The van der Waals surface area contributed by atoms with Crippen molar-refractivity contribution in [3.63, 3.8) is 0 Å². The number of para-hydroxylation sites is 2. The Morgan fingerprint density at radius 3 is 2.19 bits per heavy atom. The van der Waals surface area contributed by atoms with Crippen LogP contribution >= 0.6 is 0 Å². The van der Waals surface area contributed by atoms with Gasteiger partial charge in [0.15, 0.2) is 0 Å². The predicted molar refractivity (Wildman–Crippen MR) is 80.2 cm³/mol. The molecule has 0 aliphatic heterocycles. The van der Waals surface area contributed by atoms with Gasteiger partial charge in [0, 0.05) is 0 Å². The maximum absolute atomic E-state index is 11.0. The zero-order valence-electron chi connectivity index (χ0n) is 11.9. The molecule has 2 aromatic rings. The number of hydrogen-bond donors (Lipinski definition) is 1. The van der Waals surface area contributed by atoms with E-state index in [-0.39, 0.29) is 5.56 Å². The Hall–Kier alpha value is -2.49. The molecule has 0 heterocycles. The summed E-state index contributed by atoms with van der Waals surface area (Å²) >= 11 is 0. The highest BCUT2D eigenvalue weighted by molar-refractivity contribution is 5.90. The van der Waals surface area contributed by atoms with E-state index in [2.05, 4.69) is 6.92 Å². The number of ether oxygens (including phenoxy) is 2. The Labute approximate surface area is 123 Å². The minimum Gasteiger partial charge on any atom is -0.490 e. The van der Waals surface area contributed by atoms with Gasteiger partial charge >= 0.3 is 5.97 Å². The van der Waals surface area contributed by atoms with Crippen LogP contribution in [0, 0.1) is 0 Å². The van der Waals surface area contributed by atoms with Crippen molar-refractivity contribution in [2.75, 3.05) is 13.2 Å². The van der Waals surface area contributed by atoms with Crippen LogP contribution in [0.1, 0.15) is 22.8 Å². The molecule has 0 aromatic heterocycles. The first-order chi connectivity index (χ1) is 10.2.